The zero-order valence-electron chi connectivity index (χ0n) is 7.09. The van der Waals surface area contributed by atoms with Crippen molar-refractivity contribution in [3.63, 3.8) is 0 Å². The fraction of sp³-hybridized carbons (Fsp3) is 0.750. The van der Waals surface area contributed by atoms with Gasteiger partial charge in [-0.25, -0.2) is 0 Å². The number of halogens is 1. The maximum Gasteiger partial charge on any atom is 0.0443 e. The molecule has 12 heavy (non-hydrogen) atoms. The molecule has 0 unspecified atom stereocenters. The molecule has 0 aromatic rings. The summed E-state index contributed by atoms with van der Waals surface area (Å²) in [4.78, 5) is 2.26. The predicted octanol–water partition coefficient (Wildman–Crippen LogP) is 0.846. The Morgan fingerprint density at radius 3 is 2.58 bits per heavy atom. The first-order chi connectivity index (χ1) is 5.72. The van der Waals surface area contributed by atoms with Gasteiger partial charge in [0.2, 0.25) is 0 Å². The van der Waals surface area contributed by atoms with Gasteiger partial charge in [-0.15, -0.1) is 11.6 Å². The molecule has 0 atom stereocenters. The van der Waals surface area contributed by atoms with E-state index in [4.69, 9.17) is 11.6 Å². The summed E-state index contributed by atoms with van der Waals surface area (Å²) in [6.45, 7) is 6.54. The van der Waals surface area contributed by atoms with Gasteiger partial charge in [0.25, 0.3) is 0 Å². The van der Waals surface area contributed by atoms with Crippen LogP contribution in [0.25, 0.3) is 0 Å². The monoisotopic (exact) mass is 207 g/mol. The third-order valence-corrected chi connectivity index (χ3v) is 3.56. The Bertz CT molecular complexity index is 185. The molecule has 0 aromatic carbocycles. The molecule has 0 aliphatic carbocycles. The molecule has 0 spiro atoms. The van der Waals surface area contributed by atoms with Crippen molar-refractivity contribution in [2.24, 2.45) is 0 Å². The largest absolute Gasteiger partial charge is 0.298 e. The van der Waals surface area contributed by atoms with Gasteiger partial charge in [-0.05, 0) is 5.57 Å². The molecule has 70 valence electrons. The van der Waals surface area contributed by atoms with Crippen molar-refractivity contribution < 1.29 is 4.21 Å². The van der Waals surface area contributed by atoms with Crippen LogP contribution in [0.3, 0.4) is 0 Å². The Morgan fingerprint density at radius 2 is 2.08 bits per heavy atom. The molecule has 0 N–H and O–H groups in total. The lowest BCUT2D eigenvalue weighted by molar-refractivity contribution is 0.325. The highest BCUT2D eigenvalue weighted by atomic mass is 35.5. The van der Waals surface area contributed by atoms with Gasteiger partial charge < -0.3 is 0 Å². The molecule has 1 rings (SSSR count). The minimum absolute atomic E-state index is 0.527. The molecule has 2 nitrogen and oxygen atoms in total. The number of alkyl halides is 1. The maximum atomic E-state index is 11.0. The van der Waals surface area contributed by atoms with Crippen molar-refractivity contribution in [2.45, 2.75) is 0 Å². The van der Waals surface area contributed by atoms with Crippen LogP contribution >= 0.6 is 11.6 Å². The van der Waals surface area contributed by atoms with E-state index in [1.807, 2.05) is 0 Å². The molecule has 0 aromatic heterocycles. The highest BCUT2D eigenvalue weighted by molar-refractivity contribution is 7.85. The van der Waals surface area contributed by atoms with Gasteiger partial charge in [0.1, 0.15) is 0 Å². The van der Waals surface area contributed by atoms with Crippen molar-refractivity contribution in [1.29, 1.82) is 0 Å². The average Bonchev–Trinajstić information content (AvgIpc) is 2.09. The quantitative estimate of drug-likeness (QED) is 0.505. The Kier molecular flexibility index (Phi) is 4.26. The van der Waals surface area contributed by atoms with Gasteiger partial charge in [0.05, 0.1) is 0 Å². The molecule has 0 radical (unpaired) electrons. The van der Waals surface area contributed by atoms with Crippen LogP contribution in [-0.4, -0.2) is 46.1 Å². The van der Waals surface area contributed by atoms with Crippen LogP contribution in [0.15, 0.2) is 12.2 Å². The zero-order chi connectivity index (χ0) is 8.97. The van der Waals surface area contributed by atoms with E-state index in [2.05, 4.69) is 11.5 Å². The average molecular weight is 208 g/mol. The maximum absolute atomic E-state index is 11.0. The van der Waals surface area contributed by atoms with E-state index in [0.717, 1.165) is 36.7 Å². The number of hydrogen-bond acceptors (Lipinski definition) is 2. The second kappa shape index (κ2) is 5.00. The summed E-state index contributed by atoms with van der Waals surface area (Å²) in [6, 6.07) is 0. The van der Waals surface area contributed by atoms with Crippen molar-refractivity contribution in [3.8, 4) is 0 Å². The lowest BCUT2D eigenvalue weighted by Gasteiger charge is -2.26. The Balaban J connectivity index is 2.26. The Morgan fingerprint density at radius 1 is 1.50 bits per heavy atom. The molecule has 1 aliphatic rings. The molecular formula is C8H14ClNOS. The van der Waals surface area contributed by atoms with E-state index in [-0.39, 0.29) is 0 Å². The fourth-order valence-electron chi connectivity index (χ4n) is 1.19. The Labute approximate surface area is 81.0 Å². The van der Waals surface area contributed by atoms with Crippen LogP contribution in [0.1, 0.15) is 0 Å². The first-order valence-electron chi connectivity index (χ1n) is 4.02. The van der Waals surface area contributed by atoms with Gasteiger partial charge >= 0.3 is 0 Å². The summed E-state index contributed by atoms with van der Waals surface area (Å²) in [5.41, 5.74) is 1.05. The molecule has 0 amide bonds. The lowest BCUT2D eigenvalue weighted by atomic mass is 10.3. The first kappa shape index (κ1) is 10.2. The summed E-state index contributed by atoms with van der Waals surface area (Å²) < 4.78 is 11.0. The van der Waals surface area contributed by atoms with Gasteiger partial charge in [-0.1, -0.05) is 6.58 Å². The van der Waals surface area contributed by atoms with Crippen LogP contribution in [0.5, 0.6) is 0 Å². The highest BCUT2D eigenvalue weighted by Crippen LogP contribution is 2.04. The summed E-state index contributed by atoms with van der Waals surface area (Å²) >= 11 is 5.61. The molecule has 0 saturated carbocycles. The van der Waals surface area contributed by atoms with E-state index < -0.39 is 10.8 Å². The van der Waals surface area contributed by atoms with Crippen LogP contribution < -0.4 is 0 Å². The Hall–Kier alpha value is 0.140. The molecule has 1 fully saturated rings. The summed E-state index contributed by atoms with van der Waals surface area (Å²) in [5, 5.41) is 0. The van der Waals surface area contributed by atoms with Crippen LogP contribution in [0.4, 0.5) is 0 Å². The van der Waals surface area contributed by atoms with E-state index >= 15 is 0 Å². The fourth-order valence-corrected chi connectivity index (χ4v) is 2.40. The van der Waals surface area contributed by atoms with Crippen LogP contribution in [-0.2, 0) is 10.8 Å². The lowest BCUT2D eigenvalue weighted by Crippen LogP contribution is -2.38. The zero-order valence-corrected chi connectivity index (χ0v) is 8.66. The van der Waals surface area contributed by atoms with E-state index in [0.29, 0.717) is 5.88 Å². The van der Waals surface area contributed by atoms with Crippen molar-refractivity contribution in [2.75, 3.05) is 37.0 Å². The van der Waals surface area contributed by atoms with Gasteiger partial charge in [-0.3, -0.25) is 9.11 Å². The van der Waals surface area contributed by atoms with Gasteiger partial charge in [-0.2, -0.15) is 0 Å². The third-order valence-electron chi connectivity index (χ3n) is 1.91. The SMILES string of the molecule is C=C(CCl)CN1CCS(=O)CC1. The van der Waals surface area contributed by atoms with Gasteiger partial charge in [0.15, 0.2) is 0 Å². The number of rotatable bonds is 3. The summed E-state index contributed by atoms with van der Waals surface area (Å²) in [7, 11) is -0.582. The molecule has 1 saturated heterocycles. The third kappa shape index (κ3) is 3.25. The number of hydrogen-bond donors (Lipinski definition) is 0. The first-order valence-corrected chi connectivity index (χ1v) is 6.04. The van der Waals surface area contributed by atoms with Gasteiger partial charge in [0, 0.05) is 47.8 Å². The summed E-state index contributed by atoms with van der Waals surface area (Å²) in [5.74, 6) is 2.13. The number of nitrogens with zero attached hydrogens (tertiary/aromatic N) is 1. The smallest absolute Gasteiger partial charge is 0.0443 e. The standard InChI is InChI=1S/C8H14ClNOS/c1-8(6-9)7-10-2-4-12(11)5-3-10/h1-7H2. The molecule has 4 heteroatoms. The van der Waals surface area contributed by atoms with Crippen LogP contribution in [0.2, 0.25) is 0 Å². The molecule has 1 heterocycles. The van der Waals surface area contributed by atoms with E-state index in [1.54, 1.807) is 0 Å². The summed E-state index contributed by atoms with van der Waals surface area (Å²) in [6.07, 6.45) is 0. The minimum Gasteiger partial charge on any atom is -0.298 e. The highest BCUT2D eigenvalue weighted by Gasteiger charge is 2.14. The van der Waals surface area contributed by atoms with E-state index in [9.17, 15) is 4.21 Å². The molecular weight excluding hydrogens is 194 g/mol. The van der Waals surface area contributed by atoms with Crippen molar-refractivity contribution in [1.82, 2.24) is 4.90 Å². The predicted molar refractivity (Wildman–Crippen MR) is 54.2 cm³/mol. The molecule has 0 bridgehead atoms. The normalized spacial score (nSPS) is 21.1. The minimum atomic E-state index is -0.582. The topological polar surface area (TPSA) is 20.3 Å². The van der Waals surface area contributed by atoms with Crippen molar-refractivity contribution in [3.05, 3.63) is 12.2 Å². The second-order valence-corrected chi connectivity index (χ2v) is 4.97. The second-order valence-electron chi connectivity index (χ2n) is 3.01. The van der Waals surface area contributed by atoms with E-state index in [1.165, 1.54) is 0 Å². The van der Waals surface area contributed by atoms with Crippen LogP contribution in [0, 0.1) is 0 Å². The van der Waals surface area contributed by atoms with Crippen molar-refractivity contribution >= 4 is 22.4 Å². The molecule has 1 aliphatic heterocycles.